The standard InChI is InChI=1S/C17H26ClN3O2/c1-13(22)6-9-19-17(23)20-16-7-10-21(11-8-16)12-14-2-4-15(18)5-3-14/h2-5,13,16,22H,6-12H2,1H3,(H2,19,20,23). The molecule has 5 nitrogen and oxygen atoms in total. The number of hydrogen-bond acceptors (Lipinski definition) is 3. The van der Waals surface area contributed by atoms with Crippen molar-refractivity contribution < 1.29 is 9.90 Å². The molecule has 0 spiro atoms. The lowest BCUT2D eigenvalue weighted by molar-refractivity contribution is 0.178. The number of piperidine rings is 1. The van der Waals surface area contributed by atoms with Crippen LogP contribution in [-0.2, 0) is 6.54 Å². The van der Waals surface area contributed by atoms with Crippen molar-refractivity contribution in [2.24, 2.45) is 0 Å². The molecule has 3 N–H and O–H groups in total. The molecule has 0 saturated carbocycles. The first-order chi connectivity index (χ1) is 11.0. The van der Waals surface area contributed by atoms with Crippen LogP contribution in [0, 0.1) is 0 Å². The van der Waals surface area contributed by atoms with Crippen LogP contribution in [0.15, 0.2) is 24.3 Å². The molecule has 2 amide bonds. The maximum absolute atomic E-state index is 11.8. The monoisotopic (exact) mass is 339 g/mol. The third-order valence-corrected chi connectivity index (χ3v) is 4.34. The lowest BCUT2D eigenvalue weighted by Crippen LogP contribution is -2.48. The topological polar surface area (TPSA) is 64.6 Å². The highest BCUT2D eigenvalue weighted by Gasteiger charge is 2.20. The minimum absolute atomic E-state index is 0.137. The first-order valence-electron chi connectivity index (χ1n) is 8.22. The van der Waals surface area contributed by atoms with Crippen LogP contribution in [-0.4, -0.2) is 47.8 Å². The number of rotatable bonds is 6. The van der Waals surface area contributed by atoms with E-state index in [1.165, 1.54) is 5.56 Å². The van der Waals surface area contributed by atoms with Gasteiger partial charge in [0.05, 0.1) is 6.10 Å². The number of carbonyl (C=O) groups excluding carboxylic acids is 1. The van der Waals surface area contributed by atoms with Gasteiger partial charge in [0.2, 0.25) is 0 Å². The summed E-state index contributed by atoms with van der Waals surface area (Å²) in [7, 11) is 0. The SMILES string of the molecule is CC(O)CCNC(=O)NC1CCN(Cc2ccc(Cl)cc2)CC1. The Kier molecular flexibility index (Phi) is 7.15. The Hall–Kier alpha value is -1.30. The minimum Gasteiger partial charge on any atom is -0.393 e. The summed E-state index contributed by atoms with van der Waals surface area (Å²) in [6, 6.07) is 8.04. The molecule has 1 unspecified atom stereocenters. The molecule has 0 bridgehead atoms. The molecular weight excluding hydrogens is 314 g/mol. The molecule has 0 aromatic heterocycles. The first-order valence-corrected chi connectivity index (χ1v) is 8.60. The number of amides is 2. The van der Waals surface area contributed by atoms with E-state index in [9.17, 15) is 4.79 Å². The van der Waals surface area contributed by atoms with Crippen molar-refractivity contribution >= 4 is 17.6 Å². The fourth-order valence-electron chi connectivity index (χ4n) is 2.71. The largest absolute Gasteiger partial charge is 0.393 e. The summed E-state index contributed by atoms with van der Waals surface area (Å²) in [6.45, 7) is 5.09. The van der Waals surface area contributed by atoms with Crippen LogP contribution in [0.2, 0.25) is 5.02 Å². The number of carbonyl (C=O) groups is 1. The van der Waals surface area contributed by atoms with E-state index in [1.807, 2.05) is 12.1 Å². The number of nitrogens with zero attached hydrogens (tertiary/aromatic N) is 1. The summed E-state index contributed by atoms with van der Waals surface area (Å²) < 4.78 is 0. The molecule has 23 heavy (non-hydrogen) atoms. The zero-order chi connectivity index (χ0) is 16.7. The fourth-order valence-corrected chi connectivity index (χ4v) is 2.84. The molecule has 0 aliphatic carbocycles. The van der Waals surface area contributed by atoms with Crippen LogP contribution in [0.25, 0.3) is 0 Å². The normalized spacial score (nSPS) is 17.7. The Morgan fingerprint density at radius 1 is 1.35 bits per heavy atom. The summed E-state index contributed by atoms with van der Waals surface area (Å²) in [4.78, 5) is 14.2. The van der Waals surface area contributed by atoms with Crippen molar-refractivity contribution in [3.63, 3.8) is 0 Å². The number of halogens is 1. The Labute approximate surface area is 143 Å². The van der Waals surface area contributed by atoms with Gasteiger partial charge in [-0.3, -0.25) is 4.90 Å². The van der Waals surface area contributed by atoms with E-state index < -0.39 is 0 Å². The van der Waals surface area contributed by atoms with Gasteiger partial charge in [-0.15, -0.1) is 0 Å². The maximum atomic E-state index is 11.8. The Bertz CT molecular complexity index is 485. The van der Waals surface area contributed by atoms with Gasteiger partial charge in [-0.25, -0.2) is 4.79 Å². The second-order valence-corrected chi connectivity index (χ2v) is 6.65. The molecule has 1 atom stereocenters. The van der Waals surface area contributed by atoms with Gasteiger partial charge < -0.3 is 15.7 Å². The second-order valence-electron chi connectivity index (χ2n) is 6.21. The quantitative estimate of drug-likeness (QED) is 0.745. The minimum atomic E-state index is -0.383. The molecule has 1 saturated heterocycles. The molecule has 6 heteroatoms. The summed E-state index contributed by atoms with van der Waals surface area (Å²) >= 11 is 5.90. The third-order valence-electron chi connectivity index (χ3n) is 4.09. The molecule has 2 rings (SSSR count). The van der Waals surface area contributed by atoms with Crippen molar-refractivity contribution in [2.75, 3.05) is 19.6 Å². The molecule has 1 fully saturated rings. The number of hydrogen-bond donors (Lipinski definition) is 3. The Balaban J connectivity index is 1.65. The van der Waals surface area contributed by atoms with E-state index in [2.05, 4.69) is 27.7 Å². The summed E-state index contributed by atoms with van der Waals surface area (Å²) in [5, 5.41) is 15.7. The van der Waals surface area contributed by atoms with E-state index >= 15 is 0 Å². The van der Waals surface area contributed by atoms with Gasteiger partial charge >= 0.3 is 6.03 Å². The van der Waals surface area contributed by atoms with E-state index in [1.54, 1.807) is 6.92 Å². The van der Waals surface area contributed by atoms with Crippen molar-refractivity contribution in [1.82, 2.24) is 15.5 Å². The average molecular weight is 340 g/mol. The highest BCUT2D eigenvalue weighted by Crippen LogP contribution is 2.15. The van der Waals surface area contributed by atoms with Crippen LogP contribution in [0.1, 0.15) is 31.7 Å². The zero-order valence-electron chi connectivity index (χ0n) is 13.6. The van der Waals surface area contributed by atoms with Crippen LogP contribution in [0.3, 0.4) is 0 Å². The molecule has 128 valence electrons. The predicted molar refractivity (Wildman–Crippen MR) is 92.6 cm³/mol. The van der Waals surface area contributed by atoms with Gasteiger partial charge in [0.25, 0.3) is 0 Å². The zero-order valence-corrected chi connectivity index (χ0v) is 14.4. The van der Waals surface area contributed by atoms with Crippen molar-refractivity contribution in [2.45, 2.75) is 44.9 Å². The van der Waals surface area contributed by atoms with E-state index in [0.717, 1.165) is 37.5 Å². The summed E-state index contributed by atoms with van der Waals surface area (Å²) in [5.74, 6) is 0. The maximum Gasteiger partial charge on any atom is 0.315 e. The number of nitrogens with one attached hydrogen (secondary N) is 2. The number of aliphatic hydroxyl groups is 1. The van der Waals surface area contributed by atoms with E-state index in [0.29, 0.717) is 13.0 Å². The van der Waals surface area contributed by atoms with E-state index in [4.69, 9.17) is 16.7 Å². The van der Waals surface area contributed by atoms with Crippen molar-refractivity contribution in [1.29, 1.82) is 0 Å². The molecule has 1 aromatic rings. The number of benzene rings is 1. The predicted octanol–water partition coefficient (Wildman–Crippen LogP) is 2.37. The summed E-state index contributed by atoms with van der Waals surface area (Å²) in [6.07, 6.45) is 2.10. The molecule has 1 heterocycles. The van der Waals surface area contributed by atoms with Crippen molar-refractivity contribution in [3.05, 3.63) is 34.9 Å². The molecule has 1 aliphatic heterocycles. The molecule has 1 aliphatic rings. The Morgan fingerprint density at radius 2 is 2.00 bits per heavy atom. The summed E-state index contributed by atoms with van der Waals surface area (Å²) in [5.41, 5.74) is 1.26. The lowest BCUT2D eigenvalue weighted by Gasteiger charge is -2.32. The fraction of sp³-hybridized carbons (Fsp3) is 0.588. The van der Waals surface area contributed by atoms with Crippen LogP contribution in [0.4, 0.5) is 4.79 Å². The van der Waals surface area contributed by atoms with Crippen LogP contribution in [0.5, 0.6) is 0 Å². The van der Waals surface area contributed by atoms with Gasteiger partial charge in [0.1, 0.15) is 0 Å². The molecule has 1 aromatic carbocycles. The van der Waals surface area contributed by atoms with Gasteiger partial charge in [-0.2, -0.15) is 0 Å². The second kappa shape index (κ2) is 9.11. The third kappa shape index (κ3) is 6.77. The van der Waals surface area contributed by atoms with Crippen LogP contribution >= 0.6 is 11.6 Å². The lowest BCUT2D eigenvalue weighted by atomic mass is 10.0. The highest BCUT2D eigenvalue weighted by molar-refractivity contribution is 6.30. The van der Waals surface area contributed by atoms with E-state index in [-0.39, 0.29) is 18.2 Å². The first kappa shape index (κ1) is 18.0. The highest BCUT2D eigenvalue weighted by atomic mass is 35.5. The van der Waals surface area contributed by atoms with Gasteiger partial charge in [0.15, 0.2) is 0 Å². The van der Waals surface area contributed by atoms with Gasteiger partial charge in [-0.1, -0.05) is 23.7 Å². The molecule has 0 radical (unpaired) electrons. The number of likely N-dealkylation sites (tertiary alicyclic amines) is 1. The van der Waals surface area contributed by atoms with Gasteiger partial charge in [0, 0.05) is 37.2 Å². The smallest absolute Gasteiger partial charge is 0.315 e. The van der Waals surface area contributed by atoms with Gasteiger partial charge in [-0.05, 0) is 43.9 Å². The molecular formula is C17H26ClN3O2. The number of aliphatic hydroxyl groups excluding tert-OH is 1. The average Bonchev–Trinajstić information content (AvgIpc) is 2.51. The van der Waals surface area contributed by atoms with Crippen LogP contribution < -0.4 is 10.6 Å². The van der Waals surface area contributed by atoms with Crippen molar-refractivity contribution in [3.8, 4) is 0 Å². The Morgan fingerprint density at radius 3 is 2.61 bits per heavy atom. The number of urea groups is 1.